The molecule has 0 fully saturated rings. The normalized spacial score (nSPS) is 14.1. The zero-order valence-electron chi connectivity index (χ0n) is 11.1. The van der Waals surface area contributed by atoms with E-state index in [0.717, 1.165) is 16.9 Å². The van der Waals surface area contributed by atoms with Gasteiger partial charge in [0.25, 0.3) is 0 Å². The van der Waals surface area contributed by atoms with E-state index in [1.807, 2.05) is 31.4 Å². The van der Waals surface area contributed by atoms with E-state index in [-0.39, 0.29) is 18.0 Å². The van der Waals surface area contributed by atoms with Gasteiger partial charge in [-0.05, 0) is 48.6 Å². The summed E-state index contributed by atoms with van der Waals surface area (Å²) in [6, 6.07) is 8.46. The van der Waals surface area contributed by atoms with Crippen molar-refractivity contribution in [2.24, 2.45) is 5.73 Å². The van der Waals surface area contributed by atoms with Gasteiger partial charge in [0.1, 0.15) is 17.7 Å². The van der Waals surface area contributed by atoms with Crippen molar-refractivity contribution < 1.29 is 9.13 Å². The Kier molecular flexibility index (Phi) is 4.56. The van der Waals surface area contributed by atoms with Gasteiger partial charge < -0.3 is 10.5 Å². The summed E-state index contributed by atoms with van der Waals surface area (Å²) in [5.41, 5.74) is 6.93. The summed E-state index contributed by atoms with van der Waals surface area (Å²) >= 11 is 1.62. The Bertz CT molecular complexity index is 527. The molecular weight excluding hydrogens is 261 g/mol. The maximum absolute atomic E-state index is 13.1. The molecule has 19 heavy (non-hydrogen) atoms. The number of benzene rings is 1. The molecule has 1 aromatic heterocycles. The highest BCUT2D eigenvalue weighted by Gasteiger charge is 2.22. The van der Waals surface area contributed by atoms with Crippen molar-refractivity contribution in [1.82, 2.24) is 0 Å². The number of halogens is 1. The monoisotopic (exact) mass is 279 g/mol. The molecular formula is C15H18FNOS. The largest absolute Gasteiger partial charge is 0.483 e. The highest BCUT2D eigenvalue weighted by Crippen LogP contribution is 2.30. The summed E-state index contributed by atoms with van der Waals surface area (Å²) in [4.78, 5) is 1.10. The van der Waals surface area contributed by atoms with Crippen LogP contribution in [0.4, 0.5) is 4.39 Å². The van der Waals surface area contributed by atoms with Crippen molar-refractivity contribution in [2.45, 2.75) is 32.4 Å². The first-order valence-electron chi connectivity index (χ1n) is 6.33. The van der Waals surface area contributed by atoms with Crippen molar-refractivity contribution in [3.63, 3.8) is 0 Å². The van der Waals surface area contributed by atoms with Crippen LogP contribution < -0.4 is 10.5 Å². The summed E-state index contributed by atoms with van der Waals surface area (Å²) < 4.78 is 19.1. The summed E-state index contributed by atoms with van der Waals surface area (Å²) in [6.07, 6.45) is 0.636. The second-order valence-electron chi connectivity index (χ2n) is 4.54. The fourth-order valence-corrected chi connectivity index (χ4v) is 2.73. The van der Waals surface area contributed by atoms with E-state index < -0.39 is 0 Å². The van der Waals surface area contributed by atoms with E-state index in [1.54, 1.807) is 17.4 Å². The van der Waals surface area contributed by atoms with Gasteiger partial charge in [-0.2, -0.15) is 0 Å². The van der Waals surface area contributed by atoms with Crippen molar-refractivity contribution in [3.05, 3.63) is 52.0 Å². The number of ether oxygens (including phenoxy) is 1. The van der Waals surface area contributed by atoms with Crippen LogP contribution in [0.2, 0.25) is 0 Å². The summed E-state index contributed by atoms with van der Waals surface area (Å²) in [6.45, 7) is 3.87. The molecule has 2 atom stereocenters. The van der Waals surface area contributed by atoms with Gasteiger partial charge in [0.2, 0.25) is 0 Å². The van der Waals surface area contributed by atoms with Crippen molar-refractivity contribution >= 4 is 11.3 Å². The van der Waals surface area contributed by atoms with Gasteiger partial charge in [-0.3, -0.25) is 0 Å². The summed E-state index contributed by atoms with van der Waals surface area (Å²) in [7, 11) is 0. The van der Waals surface area contributed by atoms with Crippen LogP contribution >= 0.6 is 11.3 Å². The molecule has 0 bridgehead atoms. The molecule has 0 aliphatic rings. The van der Waals surface area contributed by atoms with Crippen molar-refractivity contribution in [3.8, 4) is 5.75 Å². The van der Waals surface area contributed by atoms with Crippen molar-refractivity contribution in [2.75, 3.05) is 0 Å². The van der Waals surface area contributed by atoms with E-state index in [2.05, 4.69) is 0 Å². The lowest BCUT2D eigenvalue weighted by Gasteiger charge is -2.24. The van der Waals surface area contributed by atoms with Crippen LogP contribution in [0, 0.1) is 12.7 Å². The molecule has 0 spiro atoms. The molecule has 0 amide bonds. The second kappa shape index (κ2) is 6.17. The highest BCUT2D eigenvalue weighted by atomic mass is 32.1. The van der Waals surface area contributed by atoms with Crippen LogP contribution in [0.1, 0.15) is 29.9 Å². The zero-order valence-corrected chi connectivity index (χ0v) is 11.9. The Balaban J connectivity index is 2.25. The number of hydrogen-bond donors (Lipinski definition) is 1. The van der Waals surface area contributed by atoms with Gasteiger partial charge in [0.05, 0.1) is 0 Å². The van der Waals surface area contributed by atoms with Crippen LogP contribution in [-0.2, 0) is 0 Å². The minimum atomic E-state index is -0.252. The first-order chi connectivity index (χ1) is 9.11. The standard InChI is InChI=1S/C15H18FNOS/c1-3-12(17)15(14-5-4-8-19-14)18-13-7-6-11(16)9-10(13)2/h4-9,12,15H,3,17H2,1-2H3. The van der Waals surface area contributed by atoms with Crippen LogP contribution in [0.15, 0.2) is 35.7 Å². The highest BCUT2D eigenvalue weighted by molar-refractivity contribution is 7.10. The zero-order chi connectivity index (χ0) is 13.8. The van der Waals surface area contributed by atoms with E-state index in [0.29, 0.717) is 5.75 Å². The Morgan fingerprint density at radius 3 is 2.74 bits per heavy atom. The maximum atomic E-state index is 13.1. The molecule has 2 nitrogen and oxygen atoms in total. The Labute approximate surface area is 117 Å². The van der Waals surface area contributed by atoms with E-state index in [1.165, 1.54) is 12.1 Å². The predicted octanol–water partition coefficient (Wildman–Crippen LogP) is 4.05. The Morgan fingerprint density at radius 2 is 2.16 bits per heavy atom. The number of rotatable bonds is 5. The SMILES string of the molecule is CCC(N)C(Oc1ccc(F)cc1C)c1cccs1. The van der Waals surface area contributed by atoms with Crippen LogP contribution in [0.3, 0.4) is 0 Å². The molecule has 102 valence electrons. The second-order valence-corrected chi connectivity index (χ2v) is 5.52. The lowest BCUT2D eigenvalue weighted by atomic mass is 10.1. The summed E-state index contributed by atoms with van der Waals surface area (Å²) in [5, 5.41) is 2.01. The minimum Gasteiger partial charge on any atom is -0.483 e. The third-order valence-corrected chi connectivity index (χ3v) is 4.01. The van der Waals surface area contributed by atoms with Crippen LogP contribution in [-0.4, -0.2) is 6.04 Å². The minimum absolute atomic E-state index is 0.0805. The lowest BCUT2D eigenvalue weighted by molar-refractivity contribution is 0.173. The van der Waals surface area contributed by atoms with E-state index >= 15 is 0 Å². The van der Waals surface area contributed by atoms with Gasteiger partial charge >= 0.3 is 0 Å². The molecule has 1 aromatic carbocycles. The predicted molar refractivity (Wildman–Crippen MR) is 77.1 cm³/mol. The molecule has 2 unspecified atom stereocenters. The quantitative estimate of drug-likeness (QED) is 0.896. The third-order valence-electron chi connectivity index (χ3n) is 3.07. The molecule has 0 saturated heterocycles. The summed E-state index contributed by atoms with van der Waals surface area (Å²) in [5.74, 6) is 0.431. The average Bonchev–Trinajstić information content (AvgIpc) is 2.91. The van der Waals surface area contributed by atoms with Crippen LogP contribution in [0.5, 0.6) is 5.75 Å². The molecule has 0 aliphatic heterocycles. The van der Waals surface area contributed by atoms with Crippen LogP contribution in [0.25, 0.3) is 0 Å². The molecule has 0 saturated carbocycles. The maximum Gasteiger partial charge on any atom is 0.148 e. The van der Waals surface area contributed by atoms with Crippen molar-refractivity contribution in [1.29, 1.82) is 0 Å². The molecule has 1 heterocycles. The smallest absolute Gasteiger partial charge is 0.148 e. The fourth-order valence-electron chi connectivity index (χ4n) is 1.91. The molecule has 2 rings (SSSR count). The Hall–Kier alpha value is -1.39. The molecule has 4 heteroatoms. The van der Waals surface area contributed by atoms with E-state index in [9.17, 15) is 4.39 Å². The fraction of sp³-hybridized carbons (Fsp3) is 0.333. The number of nitrogens with two attached hydrogens (primary N) is 1. The lowest BCUT2D eigenvalue weighted by Crippen LogP contribution is -2.31. The van der Waals surface area contributed by atoms with Gasteiger partial charge in [0, 0.05) is 10.9 Å². The molecule has 2 N–H and O–H groups in total. The number of thiophene rings is 1. The molecule has 2 aromatic rings. The van der Waals surface area contributed by atoms with E-state index in [4.69, 9.17) is 10.5 Å². The van der Waals surface area contributed by atoms with Gasteiger partial charge in [-0.1, -0.05) is 13.0 Å². The van der Waals surface area contributed by atoms with Gasteiger partial charge in [-0.25, -0.2) is 4.39 Å². The van der Waals surface area contributed by atoms with Gasteiger partial charge in [-0.15, -0.1) is 11.3 Å². The molecule has 0 radical (unpaired) electrons. The third kappa shape index (κ3) is 3.33. The topological polar surface area (TPSA) is 35.2 Å². The molecule has 0 aliphatic carbocycles. The number of aryl methyl sites for hydroxylation is 1. The first-order valence-corrected chi connectivity index (χ1v) is 7.21. The Morgan fingerprint density at radius 1 is 1.37 bits per heavy atom. The number of hydrogen-bond acceptors (Lipinski definition) is 3. The average molecular weight is 279 g/mol. The van der Waals surface area contributed by atoms with Gasteiger partial charge in [0.15, 0.2) is 0 Å². The first kappa shape index (κ1) is 14.0.